The minimum atomic E-state index is -1.00. The summed E-state index contributed by atoms with van der Waals surface area (Å²) >= 11 is 5.95. The first kappa shape index (κ1) is 20.0. The predicted octanol–water partition coefficient (Wildman–Crippen LogP) is 5.88. The Morgan fingerprint density at radius 2 is 1.50 bits per heavy atom. The molecule has 4 rings (SSSR count). The van der Waals surface area contributed by atoms with Crippen LogP contribution < -0.4 is 9.64 Å². The number of urea groups is 1. The van der Waals surface area contributed by atoms with Crippen molar-refractivity contribution in [1.82, 2.24) is 4.90 Å². The number of rotatable bonds is 5. The van der Waals surface area contributed by atoms with E-state index in [4.69, 9.17) is 16.3 Å². The van der Waals surface area contributed by atoms with Gasteiger partial charge in [-0.3, -0.25) is 4.79 Å². The third kappa shape index (κ3) is 3.64. The van der Waals surface area contributed by atoms with Gasteiger partial charge in [-0.1, -0.05) is 48.0 Å². The molecule has 1 aliphatic heterocycles. The summed E-state index contributed by atoms with van der Waals surface area (Å²) in [6, 6.07) is 23.3. The van der Waals surface area contributed by atoms with Crippen LogP contribution in [0.2, 0.25) is 5.02 Å². The first-order valence-electron chi connectivity index (χ1n) is 9.60. The zero-order valence-corrected chi connectivity index (χ0v) is 17.5. The van der Waals surface area contributed by atoms with Crippen molar-refractivity contribution in [1.29, 1.82) is 0 Å². The summed E-state index contributed by atoms with van der Waals surface area (Å²) in [6.07, 6.45) is 0. The van der Waals surface area contributed by atoms with Gasteiger partial charge in [0.15, 0.2) is 0 Å². The quantitative estimate of drug-likeness (QED) is 0.484. The Kier molecular flexibility index (Phi) is 5.22. The Morgan fingerprint density at radius 1 is 0.867 bits per heavy atom. The lowest BCUT2D eigenvalue weighted by Crippen LogP contribution is -2.43. The first-order valence-corrected chi connectivity index (χ1v) is 9.98. The summed E-state index contributed by atoms with van der Waals surface area (Å²) < 4.78 is 6.02. The van der Waals surface area contributed by atoms with Gasteiger partial charge >= 0.3 is 6.03 Å². The molecule has 0 radical (unpaired) electrons. The molecule has 1 heterocycles. The minimum absolute atomic E-state index is 0.241. The van der Waals surface area contributed by atoms with Crippen molar-refractivity contribution >= 4 is 29.2 Å². The Labute approximate surface area is 180 Å². The number of para-hydroxylation sites is 2. The van der Waals surface area contributed by atoms with Crippen molar-refractivity contribution in [3.05, 3.63) is 89.4 Å². The number of halogens is 1. The Bertz CT molecular complexity index is 1080. The van der Waals surface area contributed by atoms with Crippen molar-refractivity contribution in [2.24, 2.45) is 0 Å². The number of nitrogens with zero attached hydrogens (tertiary/aromatic N) is 2. The van der Waals surface area contributed by atoms with Crippen LogP contribution in [0.5, 0.6) is 11.5 Å². The largest absolute Gasteiger partial charge is 0.457 e. The highest BCUT2D eigenvalue weighted by Gasteiger charge is 2.51. The molecule has 0 aromatic heterocycles. The third-order valence-corrected chi connectivity index (χ3v) is 5.43. The summed E-state index contributed by atoms with van der Waals surface area (Å²) in [4.78, 5) is 29.1. The van der Waals surface area contributed by atoms with Crippen molar-refractivity contribution in [2.45, 2.75) is 25.9 Å². The van der Waals surface area contributed by atoms with Crippen LogP contribution in [-0.4, -0.2) is 22.4 Å². The molecule has 1 fully saturated rings. The minimum Gasteiger partial charge on any atom is -0.457 e. The van der Waals surface area contributed by atoms with Crippen molar-refractivity contribution in [3.63, 3.8) is 0 Å². The third-order valence-electron chi connectivity index (χ3n) is 5.18. The van der Waals surface area contributed by atoms with Crippen LogP contribution >= 0.6 is 11.6 Å². The SMILES string of the molecule is CC1(C)C(=O)N(c2ccc(Cl)cc2)C(=O)N1Cc1ccccc1Oc1ccccc1. The normalized spacial score (nSPS) is 15.6. The van der Waals surface area contributed by atoms with Gasteiger partial charge in [-0.2, -0.15) is 0 Å². The number of amides is 3. The van der Waals surface area contributed by atoms with Gasteiger partial charge in [-0.05, 0) is 56.3 Å². The van der Waals surface area contributed by atoms with Gasteiger partial charge in [0.25, 0.3) is 5.91 Å². The fourth-order valence-electron chi connectivity index (χ4n) is 3.44. The van der Waals surface area contributed by atoms with Crippen molar-refractivity contribution < 1.29 is 14.3 Å². The summed E-state index contributed by atoms with van der Waals surface area (Å²) in [5.41, 5.74) is 0.309. The van der Waals surface area contributed by atoms with Gasteiger partial charge in [0, 0.05) is 10.6 Å². The average molecular weight is 421 g/mol. The molecule has 3 aromatic rings. The number of ether oxygens (including phenoxy) is 1. The molecular weight excluding hydrogens is 400 g/mol. The summed E-state index contributed by atoms with van der Waals surface area (Å²) in [7, 11) is 0. The van der Waals surface area contributed by atoms with E-state index < -0.39 is 5.54 Å². The maximum atomic E-state index is 13.2. The lowest BCUT2D eigenvalue weighted by atomic mass is 10.0. The van der Waals surface area contributed by atoms with Crippen LogP contribution in [0, 0.1) is 0 Å². The number of anilines is 1. The van der Waals surface area contributed by atoms with Gasteiger partial charge in [0.2, 0.25) is 0 Å². The first-order chi connectivity index (χ1) is 14.4. The molecule has 6 heteroatoms. The van der Waals surface area contributed by atoms with E-state index in [0.29, 0.717) is 22.2 Å². The highest BCUT2D eigenvalue weighted by molar-refractivity contribution is 6.30. The maximum Gasteiger partial charge on any atom is 0.332 e. The zero-order chi connectivity index (χ0) is 21.3. The molecular formula is C24H21ClN2O3. The molecule has 0 atom stereocenters. The molecule has 5 nitrogen and oxygen atoms in total. The molecule has 3 aromatic carbocycles. The second-order valence-electron chi connectivity index (χ2n) is 7.57. The van der Waals surface area contributed by atoms with E-state index in [0.717, 1.165) is 5.56 Å². The van der Waals surface area contributed by atoms with Crippen LogP contribution in [0.3, 0.4) is 0 Å². The highest BCUT2D eigenvalue weighted by Crippen LogP contribution is 2.35. The van der Waals surface area contributed by atoms with E-state index in [9.17, 15) is 9.59 Å². The zero-order valence-electron chi connectivity index (χ0n) is 16.7. The lowest BCUT2D eigenvalue weighted by Gasteiger charge is -2.28. The Hall–Kier alpha value is -3.31. The van der Waals surface area contributed by atoms with Crippen LogP contribution in [0.15, 0.2) is 78.9 Å². The van der Waals surface area contributed by atoms with E-state index in [1.165, 1.54) is 4.90 Å². The maximum absolute atomic E-state index is 13.2. The molecule has 1 aliphatic rings. The van der Waals surface area contributed by atoms with Crippen LogP contribution in [0.1, 0.15) is 19.4 Å². The number of carbonyl (C=O) groups is 2. The highest BCUT2D eigenvalue weighted by atomic mass is 35.5. The molecule has 0 unspecified atom stereocenters. The fraction of sp³-hybridized carbons (Fsp3) is 0.167. The molecule has 0 saturated carbocycles. The molecule has 1 saturated heterocycles. The van der Waals surface area contributed by atoms with Gasteiger partial charge < -0.3 is 9.64 Å². The number of hydrogen-bond donors (Lipinski definition) is 0. The topological polar surface area (TPSA) is 49.9 Å². The molecule has 0 spiro atoms. The summed E-state index contributed by atoms with van der Waals surface area (Å²) in [6.45, 7) is 3.75. The summed E-state index contributed by atoms with van der Waals surface area (Å²) in [5.74, 6) is 1.07. The number of hydrogen-bond acceptors (Lipinski definition) is 3. The Balaban J connectivity index is 1.64. The fourth-order valence-corrected chi connectivity index (χ4v) is 3.56. The number of carbonyl (C=O) groups excluding carboxylic acids is 2. The predicted molar refractivity (Wildman–Crippen MR) is 117 cm³/mol. The second kappa shape index (κ2) is 7.84. The van der Waals surface area contributed by atoms with E-state index in [-0.39, 0.29) is 18.5 Å². The lowest BCUT2D eigenvalue weighted by molar-refractivity contribution is -0.123. The second-order valence-corrected chi connectivity index (χ2v) is 8.00. The molecule has 3 amide bonds. The van der Waals surface area contributed by atoms with Crippen molar-refractivity contribution in [3.8, 4) is 11.5 Å². The molecule has 0 N–H and O–H groups in total. The van der Waals surface area contributed by atoms with Gasteiger partial charge in [0.05, 0.1) is 12.2 Å². The van der Waals surface area contributed by atoms with E-state index >= 15 is 0 Å². The van der Waals surface area contributed by atoms with E-state index in [2.05, 4.69) is 0 Å². The van der Waals surface area contributed by atoms with Gasteiger partial charge in [-0.15, -0.1) is 0 Å². The number of benzene rings is 3. The Morgan fingerprint density at radius 3 is 2.20 bits per heavy atom. The molecule has 30 heavy (non-hydrogen) atoms. The molecule has 152 valence electrons. The van der Waals surface area contributed by atoms with Crippen LogP contribution in [-0.2, 0) is 11.3 Å². The van der Waals surface area contributed by atoms with Crippen LogP contribution in [0.4, 0.5) is 10.5 Å². The average Bonchev–Trinajstić information content (AvgIpc) is 2.90. The standard InChI is InChI=1S/C24H21ClN2O3/c1-24(2)22(28)27(19-14-12-18(25)13-15-19)23(29)26(24)16-17-8-6-7-11-21(17)30-20-9-4-3-5-10-20/h3-15H,16H2,1-2H3. The molecule has 0 aliphatic carbocycles. The van der Waals surface area contributed by atoms with E-state index in [1.807, 2.05) is 54.6 Å². The van der Waals surface area contributed by atoms with Gasteiger partial charge in [-0.25, -0.2) is 9.69 Å². The summed E-state index contributed by atoms with van der Waals surface area (Å²) in [5, 5.41) is 0.543. The number of imide groups is 1. The van der Waals surface area contributed by atoms with Crippen molar-refractivity contribution in [2.75, 3.05) is 4.90 Å². The monoisotopic (exact) mass is 420 g/mol. The van der Waals surface area contributed by atoms with Gasteiger partial charge in [0.1, 0.15) is 17.0 Å². The van der Waals surface area contributed by atoms with Crippen LogP contribution in [0.25, 0.3) is 0 Å². The smallest absolute Gasteiger partial charge is 0.332 e. The van der Waals surface area contributed by atoms with E-state index in [1.54, 1.807) is 43.0 Å². The molecule has 0 bridgehead atoms.